The lowest BCUT2D eigenvalue weighted by atomic mass is 9.77. The second kappa shape index (κ2) is 7.17. The molecule has 0 aromatic carbocycles. The lowest BCUT2D eigenvalue weighted by molar-refractivity contribution is -0.0894. The van der Waals surface area contributed by atoms with Crippen LogP contribution < -0.4 is 5.32 Å². The summed E-state index contributed by atoms with van der Waals surface area (Å²) in [6, 6.07) is 0.435. The van der Waals surface area contributed by atoms with Crippen molar-refractivity contribution < 1.29 is 4.74 Å². The maximum Gasteiger partial charge on any atom is 0.0837 e. The molecule has 1 unspecified atom stereocenters. The highest BCUT2D eigenvalue weighted by Gasteiger charge is 2.39. The first-order valence-corrected chi connectivity index (χ1v) is 7.16. The molecule has 0 aromatic heterocycles. The van der Waals surface area contributed by atoms with Gasteiger partial charge in [0.2, 0.25) is 0 Å². The van der Waals surface area contributed by atoms with E-state index in [9.17, 15) is 0 Å². The van der Waals surface area contributed by atoms with E-state index in [-0.39, 0.29) is 5.60 Å². The van der Waals surface area contributed by atoms with Crippen molar-refractivity contribution in [1.82, 2.24) is 5.32 Å². The van der Waals surface area contributed by atoms with E-state index in [0.717, 1.165) is 19.6 Å². The van der Waals surface area contributed by atoms with Gasteiger partial charge in [-0.1, -0.05) is 31.8 Å². The number of likely N-dealkylation sites (N-methyl/N-ethyl adjacent to an activating group) is 1. The van der Waals surface area contributed by atoms with Gasteiger partial charge in [-0.3, -0.25) is 0 Å². The molecule has 1 aliphatic carbocycles. The number of rotatable bonds is 7. The Morgan fingerprint density at radius 1 is 1.29 bits per heavy atom. The van der Waals surface area contributed by atoms with Crippen LogP contribution in [-0.2, 0) is 4.74 Å². The Morgan fingerprint density at radius 2 is 1.94 bits per heavy atom. The normalized spacial score (nSPS) is 21.1. The van der Waals surface area contributed by atoms with E-state index in [1.165, 1.54) is 37.7 Å². The summed E-state index contributed by atoms with van der Waals surface area (Å²) in [6.07, 6.45) is 7.41. The van der Waals surface area contributed by atoms with Gasteiger partial charge < -0.3 is 10.1 Å². The van der Waals surface area contributed by atoms with Crippen LogP contribution in [0.2, 0.25) is 0 Å². The molecule has 1 atom stereocenters. The van der Waals surface area contributed by atoms with Crippen molar-refractivity contribution >= 4 is 0 Å². The predicted molar refractivity (Wildman–Crippen MR) is 74.3 cm³/mol. The third-order valence-corrected chi connectivity index (χ3v) is 3.77. The Morgan fingerprint density at radius 3 is 2.41 bits per heavy atom. The van der Waals surface area contributed by atoms with Crippen molar-refractivity contribution in [1.29, 1.82) is 0 Å². The zero-order valence-corrected chi connectivity index (χ0v) is 11.8. The Balaban J connectivity index is 2.78. The van der Waals surface area contributed by atoms with Gasteiger partial charge in [-0.2, -0.15) is 0 Å². The number of hydrogen-bond donors (Lipinski definition) is 1. The Bertz CT molecular complexity index is 226. The molecule has 1 aliphatic rings. The average Bonchev–Trinajstić information content (AvgIpc) is 2.29. The first kappa shape index (κ1) is 14.7. The van der Waals surface area contributed by atoms with Gasteiger partial charge in [0, 0.05) is 12.6 Å². The first-order valence-electron chi connectivity index (χ1n) is 7.16. The molecule has 0 aromatic rings. The molecule has 0 bridgehead atoms. The molecular formula is C15H29NO. The average molecular weight is 239 g/mol. The molecule has 0 saturated heterocycles. The highest BCUT2D eigenvalue weighted by Crippen LogP contribution is 2.36. The van der Waals surface area contributed by atoms with Crippen molar-refractivity contribution in [2.45, 2.75) is 70.9 Å². The molecule has 0 spiro atoms. The lowest BCUT2D eigenvalue weighted by Gasteiger charge is -2.44. The fraction of sp³-hybridized carbons (Fsp3) is 0.867. The van der Waals surface area contributed by atoms with Crippen LogP contribution in [0.4, 0.5) is 0 Å². The van der Waals surface area contributed by atoms with Crippen molar-refractivity contribution in [3.63, 3.8) is 0 Å². The number of ether oxygens (including phenoxy) is 1. The molecule has 1 saturated carbocycles. The van der Waals surface area contributed by atoms with Crippen LogP contribution in [0.15, 0.2) is 12.2 Å². The molecule has 0 heterocycles. The molecular weight excluding hydrogens is 210 g/mol. The molecule has 0 radical (unpaired) electrons. The minimum absolute atomic E-state index is 0.0575. The van der Waals surface area contributed by atoms with Gasteiger partial charge in [-0.25, -0.2) is 0 Å². The molecule has 1 rings (SSSR count). The van der Waals surface area contributed by atoms with E-state index < -0.39 is 0 Å². The van der Waals surface area contributed by atoms with Gasteiger partial charge in [-0.15, -0.1) is 6.58 Å². The highest BCUT2D eigenvalue weighted by molar-refractivity contribution is 5.03. The first-order chi connectivity index (χ1) is 8.14. The second-order valence-electron chi connectivity index (χ2n) is 5.33. The molecule has 0 amide bonds. The Kier molecular flexibility index (Phi) is 6.21. The number of nitrogens with one attached hydrogen (secondary N) is 1. The van der Waals surface area contributed by atoms with Crippen LogP contribution in [0.5, 0.6) is 0 Å². The van der Waals surface area contributed by atoms with Crippen molar-refractivity contribution in [3.05, 3.63) is 12.2 Å². The third-order valence-electron chi connectivity index (χ3n) is 3.77. The topological polar surface area (TPSA) is 21.3 Å². The SMILES string of the molecule is C=C(C)CC(NCC)C1(OCC)CCCCC1. The van der Waals surface area contributed by atoms with E-state index in [1.54, 1.807) is 0 Å². The van der Waals surface area contributed by atoms with Gasteiger partial charge in [0.1, 0.15) is 0 Å². The van der Waals surface area contributed by atoms with Crippen LogP contribution in [0.1, 0.15) is 59.3 Å². The molecule has 1 fully saturated rings. The summed E-state index contributed by atoms with van der Waals surface area (Å²) in [6.45, 7) is 12.3. The number of hydrogen-bond acceptors (Lipinski definition) is 2. The van der Waals surface area contributed by atoms with Crippen LogP contribution in [0, 0.1) is 0 Å². The molecule has 2 heteroatoms. The summed E-state index contributed by atoms with van der Waals surface area (Å²) in [5, 5.41) is 3.62. The van der Waals surface area contributed by atoms with Crippen molar-refractivity contribution in [3.8, 4) is 0 Å². The Labute approximate surface area is 107 Å². The van der Waals surface area contributed by atoms with Crippen molar-refractivity contribution in [2.24, 2.45) is 0 Å². The van der Waals surface area contributed by atoms with Crippen molar-refractivity contribution in [2.75, 3.05) is 13.2 Å². The summed E-state index contributed by atoms with van der Waals surface area (Å²) in [5.74, 6) is 0. The predicted octanol–water partition coefficient (Wildman–Crippen LogP) is 3.67. The monoisotopic (exact) mass is 239 g/mol. The smallest absolute Gasteiger partial charge is 0.0837 e. The minimum atomic E-state index is 0.0575. The molecule has 100 valence electrons. The van der Waals surface area contributed by atoms with Crippen LogP contribution in [0.25, 0.3) is 0 Å². The van der Waals surface area contributed by atoms with Gasteiger partial charge in [0.25, 0.3) is 0 Å². The van der Waals surface area contributed by atoms with Crippen LogP contribution in [-0.4, -0.2) is 24.8 Å². The molecule has 1 N–H and O–H groups in total. The maximum atomic E-state index is 6.18. The summed E-state index contributed by atoms with van der Waals surface area (Å²) in [7, 11) is 0. The van der Waals surface area contributed by atoms with Crippen LogP contribution >= 0.6 is 0 Å². The molecule has 0 aliphatic heterocycles. The lowest BCUT2D eigenvalue weighted by Crippen LogP contribution is -2.53. The quantitative estimate of drug-likeness (QED) is 0.684. The standard InChI is InChI=1S/C15H29NO/c1-5-16-14(12-13(3)4)15(17-6-2)10-8-7-9-11-15/h14,16H,3,5-12H2,1-2,4H3. The fourth-order valence-corrected chi connectivity index (χ4v) is 3.07. The van der Waals surface area contributed by atoms with E-state index in [0.29, 0.717) is 6.04 Å². The van der Waals surface area contributed by atoms with Gasteiger partial charge in [0.15, 0.2) is 0 Å². The van der Waals surface area contributed by atoms with E-state index in [2.05, 4.69) is 32.7 Å². The summed E-state index contributed by atoms with van der Waals surface area (Å²) < 4.78 is 6.18. The van der Waals surface area contributed by atoms with Crippen LogP contribution in [0.3, 0.4) is 0 Å². The van der Waals surface area contributed by atoms with E-state index in [4.69, 9.17) is 4.74 Å². The summed E-state index contributed by atoms with van der Waals surface area (Å²) in [4.78, 5) is 0. The second-order valence-corrected chi connectivity index (χ2v) is 5.33. The minimum Gasteiger partial charge on any atom is -0.374 e. The summed E-state index contributed by atoms with van der Waals surface area (Å²) >= 11 is 0. The van der Waals surface area contributed by atoms with Gasteiger partial charge in [0.05, 0.1) is 5.60 Å². The van der Waals surface area contributed by atoms with Gasteiger partial charge >= 0.3 is 0 Å². The zero-order chi connectivity index (χ0) is 12.7. The van der Waals surface area contributed by atoms with E-state index in [1.807, 2.05) is 0 Å². The third kappa shape index (κ3) is 4.11. The molecule has 17 heavy (non-hydrogen) atoms. The Hall–Kier alpha value is -0.340. The molecule has 2 nitrogen and oxygen atoms in total. The zero-order valence-electron chi connectivity index (χ0n) is 11.8. The van der Waals surface area contributed by atoms with E-state index >= 15 is 0 Å². The fourth-order valence-electron chi connectivity index (χ4n) is 3.07. The highest BCUT2D eigenvalue weighted by atomic mass is 16.5. The summed E-state index contributed by atoms with van der Waals surface area (Å²) in [5.41, 5.74) is 1.31. The maximum absolute atomic E-state index is 6.18. The largest absolute Gasteiger partial charge is 0.374 e. The van der Waals surface area contributed by atoms with Gasteiger partial charge in [-0.05, 0) is 39.7 Å².